The molecule has 5 nitrogen and oxygen atoms in total. The Balaban J connectivity index is 1.52. The number of fused-ring (bicyclic) bond motifs is 1. The fourth-order valence-electron chi connectivity index (χ4n) is 4.53. The van der Waals surface area contributed by atoms with Crippen LogP contribution in [0.2, 0.25) is 0 Å². The van der Waals surface area contributed by atoms with Gasteiger partial charge in [-0.05, 0) is 68.6 Å². The Morgan fingerprint density at radius 3 is 2.72 bits per heavy atom. The van der Waals surface area contributed by atoms with Crippen molar-refractivity contribution in [2.75, 3.05) is 44.7 Å². The number of hydrogen-bond acceptors (Lipinski definition) is 4. The van der Waals surface area contributed by atoms with Gasteiger partial charge in [-0.25, -0.2) is 0 Å². The van der Waals surface area contributed by atoms with E-state index in [2.05, 4.69) is 40.4 Å². The average molecular weight is 394 g/mol. The number of para-hydroxylation sites is 1. The largest absolute Gasteiger partial charge is 0.493 e. The van der Waals surface area contributed by atoms with Crippen LogP contribution in [0.5, 0.6) is 5.75 Å². The third-order valence-electron chi connectivity index (χ3n) is 6.09. The van der Waals surface area contributed by atoms with E-state index in [1.807, 2.05) is 31.2 Å². The van der Waals surface area contributed by atoms with Crippen molar-refractivity contribution < 1.29 is 9.53 Å². The number of carbonyl (C=O) groups is 1. The summed E-state index contributed by atoms with van der Waals surface area (Å²) in [5.74, 6) is 0.574. The van der Waals surface area contributed by atoms with E-state index >= 15 is 0 Å². The Kier molecular flexibility index (Phi) is 6.05. The first-order valence-electron chi connectivity index (χ1n) is 10.8. The highest BCUT2D eigenvalue weighted by Gasteiger charge is 2.26. The third kappa shape index (κ3) is 4.25. The van der Waals surface area contributed by atoms with Crippen molar-refractivity contribution in [1.29, 1.82) is 0 Å². The molecule has 0 unspecified atom stereocenters. The van der Waals surface area contributed by atoms with Gasteiger partial charge >= 0.3 is 0 Å². The van der Waals surface area contributed by atoms with Crippen molar-refractivity contribution in [2.45, 2.75) is 32.2 Å². The van der Waals surface area contributed by atoms with Crippen LogP contribution in [0.1, 0.15) is 47.3 Å². The number of hydrogen-bond donors (Lipinski definition) is 1. The molecule has 154 valence electrons. The maximum Gasteiger partial charge on any atom is 0.255 e. The molecule has 0 aromatic heterocycles. The van der Waals surface area contributed by atoms with E-state index in [9.17, 15) is 4.79 Å². The van der Waals surface area contributed by atoms with E-state index in [0.29, 0.717) is 24.5 Å². The van der Waals surface area contributed by atoms with Gasteiger partial charge in [0.2, 0.25) is 0 Å². The minimum atomic E-state index is -0.0702. The number of nitrogens with one attached hydrogen (secondary N) is 1. The molecule has 1 fully saturated rings. The molecule has 0 spiro atoms. The molecular weight excluding hydrogens is 362 g/mol. The second-order valence-corrected chi connectivity index (χ2v) is 7.96. The maximum absolute atomic E-state index is 12.9. The number of carbonyl (C=O) groups excluding carboxylic acids is 1. The smallest absolute Gasteiger partial charge is 0.255 e. The summed E-state index contributed by atoms with van der Waals surface area (Å²) in [6.07, 6.45) is 3.55. The molecule has 0 aliphatic carbocycles. The van der Waals surface area contributed by atoms with Gasteiger partial charge in [-0.15, -0.1) is 0 Å². The predicted octanol–water partition coefficient (Wildman–Crippen LogP) is 3.64. The first kappa shape index (κ1) is 19.8. The fraction of sp³-hybridized carbons (Fsp3) is 0.458. The molecule has 1 N–H and O–H groups in total. The molecule has 2 aliphatic heterocycles. The van der Waals surface area contributed by atoms with Gasteiger partial charge in [0.15, 0.2) is 0 Å². The number of anilines is 1. The first-order chi connectivity index (χ1) is 14.2. The lowest BCUT2D eigenvalue weighted by atomic mass is 10.0. The topological polar surface area (TPSA) is 44.8 Å². The minimum Gasteiger partial charge on any atom is -0.493 e. The first-order valence-corrected chi connectivity index (χ1v) is 10.8. The van der Waals surface area contributed by atoms with Gasteiger partial charge in [-0.3, -0.25) is 9.69 Å². The molecule has 2 aromatic rings. The van der Waals surface area contributed by atoms with Crippen molar-refractivity contribution in [3.8, 4) is 5.75 Å². The molecule has 4 rings (SSSR count). The molecule has 1 atom stereocenters. The van der Waals surface area contributed by atoms with Crippen LogP contribution < -0.4 is 15.0 Å². The number of likely N-dealkylation sites (N-methyl/N-ethyl adjacent to an activating group) is 1. The molecule has 0 bridgehead atoms. The fourth-order valence-corrected chi connectivity index (χ4v) is 4.53. The van der Waals surface area contributed by atoms with Crippen molar-refractivity contribution in [3.05, 3.63) is 59.2 Å². The Morgan fingerprint density at radius 1 is 1.14 bits per heavy atom. The lowest BCUT2D eigenvalue weighted by Crippen LogP contribution is -2.37. The highest BCUT2D eigenvalue weighted by molar-refractivity contribution is 5.96. The quantitative estimate of drug-likeness (QED) is 0.780. The van der Waals surface area contributed by atoms with Gasteiger partial charge in [0.05, 0.1) is 18.2 Å². The van der Waals surface area contributed by atoms with Gasteiger partial charge in [-0.2, -0.15) is 0 Å². The standard InChI is InChI=1S/C24H31N3O2/c1-3-29-23-9-5-4-8-20(23)24(28)25-17-22(27-13-6-7-14-27)18-10-11-21-19(16-18)12-15-26(21)2/h4-5,8-11,16,22H,3,6-7,12-15,17H2,1-2H3,(H,25,28)/t22-/m0/s1. The lowest BCUT2D eigenvalue weighted by molar-refractivity contribution is 0.0934. The number of rotatable bonds is 7. The lowest BCUT2D eigenvalue weighted by Gasteiger charge is -2.29. The van der Waals surface area contributed by atoms with Gasteiger partial charge in [0.1, 0.15) is 5.75 Å². The summed E-state index contributed by atoms with van der Waals surface area (Å²) in [7, 11) is 2.15. The monoisotopic (exact) mass is 393 g/mol. The Bertz CT molecular complexity index is 861. The number of nitrogens with zero attached hydrogens (tertiary/aromatic N) is 2. The molecule has 1 saturated heterocycles. The van der Waals surface area contributed by atoms with E-state index in [1.54, 1.807) is 0 Å². The van der Waals surface area contributed by atoms with Crippen LogP contribution in [0.25, 0.3) is 0 Å². The highest BCUT2D eigenvalue weighted by atomic mass is 16.5. The molecule has 0 radical (unpaired) electrons. The summed E-state index contributed by atoms with van der Waals surface area (Å²) in [6, 6.07) is 14.5. The summed E-state index contributed by atoms with van der Waals surface area (Å²) < 4.78 is 5.63. The molecule has 2 aromatic carbocycles. The normalized spacial score (nSPS) is 17.2. The molecule has 0 saturated carbocycles. The Hall–Kier alpha value is -2.53. The van der Waals surface area contributed by atoms with E-state index in [4.69, 9.17) is 4.74 Å². The summed E-state index contributed by atoms with van der Waals surface area (Å²) in [6.45, 7) is 6.35. The number of likely N-dealkylation sites (tertiary alicyclic amines) is 1. The van der Waals surface area contributed by atoms with Crippen molar-refractivity contribution in [2.24, 2.45) is 0 Å². The number of ether oxygens (including phenoxy) is 1. The van der Waals surface area contributed by atoms with E-state index in [1.165, 1.54) is 29.7 Å². The van der Waals surface area contributed by atoms with Crippen LogP contribution in [-0.2, 0) is 6.42 Å². The summed E-state index contributed by atoms with van der Waals surface area (Å²) >= 11 is 0. The SMILES string of the molecule is CCOc1ccccc1C(=O)NC[C@@H](c1ccc2c(c1)CCN2C)N1CCCC1. The van der Waals surface area contributed by atoms with Crippen molar-refractivity contribution in [3.63, 3.8) is 0 Å². The molecular formula is C24H31N3O2. The molecule has 29 heavy (non-hydrogen) atoms. The molecule has 5 heteroatoms. The maximum atomic E-state index is 12.9. The van der Waals surface area contributed by atoms with Gasteiger partial charge < -0.3 is 15.0 Å². The van der Waals surface area contributed by atoms with E-state index in [0.717, 1.165) is 26.1 Å². The predicted molar refractivity (Wildman–Crippen MR) is 117 cm³/mol. The number of amides is 1. The van der Waals surface area contributed by atoms with Crippen molar-refractivity contribution >= 4 is 11.6 Å². The third-order valence-corrected chi connectivity index (χ3v) is 6.09. The Morgan fingerprint density at radius 2 is 1.93 bits per heavy atom. The summed E-state index contributed by atoms with van der Waals surface area (Å²) in [5, 5.41) is 3.18. The van der Waals surface area contributed by atoms with Gasteiger partial charge in [0.25, 0.3) is 5.91 Å². The second kappa shape index (κ2) is 8.87. The highest BCUT2D eigenvalue weighted by Crippen LogP contribution is 2.32. The summed E-state index contributed by atoms with van der Waals surface area (Å²) in [4.78, 5) is 17.7. The van der Waals surface area contributed by atoms with Gasteiger partial charge in [0, 0.05) is 25.8 Å². The summed E-state index contributed by atoms with van der Waals surface area (Å²) in [5.41, 5.74) is 4.66. The van der Waals surface area contributed by atoms with Crippen LogP contribution in [0.15, 0.2) is 42.5 Å². The van der Waals surface area contributed by atoms with Crippen LogP contribution in [0, 0.1) is 0 Å². The minimum absolute atomic E-state index is 0.0702. The van der Waals surface area contributed by atoms with Crippen molar-refractivity contribution in [1.82, 2.24) is 10.2 Å². The van der Waals surface area contributed by atoms with Crippen LogP contribution in [0.3, 0.4) is 0 Å². The van der Waals surface area contributed by atoms with Crippen LogP contribution in [0.4, 0.5) is 5.69 Å². The molecule has 2 aliphatic rings. The van der Waals surface area contributed by atoms with Crippen LogP contribution >= 0.6 is 0 Å². The number of benzene rings is 2. The average Bonchev–Trinajstić information content (AvgIpc) is 3.39. The molecule has 1 amide bonds. The van der Waals surface area contributed by atoms with E-state index in [-0.39, 0.29) is 11.9 Å². The Labute approximate surface area is 173 Å². The second-order valence-electron chi connectivity index (χ2n) is 7.96. The zero-order valence-corrected chi connectivity index (χ0v) is 17.5. The zero-order valence-electron chi connectivity index (χ0n) is 17.5. The van der Waals surface area contributed by atoms with Gasteiger partial charge in [-0.1, -0.05) is 24.3 Å². The van der Waals surface area contributed by atoms with E-state index < -0.39 is 0 Å². The van der Waals surface area contributed by atoms with Crippen LogP contribution in [-0.4, -0.2) is 50.6 Å². The zero-order chi connectivity index (χ0) is 20.2. The molecule has 2 heterocycles.